The van der Waals surface area contributed by atoms with E-state index in [1.807, 2.05) is 0 Å². The first-order valence-corrected chi connectivity index (χ1v) is 7.35. The number of esters is 1. The number of anilines is 1. The molecule has 0 fully saturated rings. The average Bonchev–Trinajstić information content (AvgIpc) is 2.56. The third-order valence-corrected chi connectivity index (χ3v) is 3.04. The molecule has 25 heavy (non-hydrogen) atoms. The SMILES string of the molecule is CCOC(=O)c1cnc(C(F)(F)F)nc1NN=Cc1ccc(Cl)cc1. The lowest BCUT2D eigenvalue weighted by Crippen LogP contribution is -2.16. The van der Waals surface area contributed by atoms with Crippen LogP contribution in [0.3, 0.4) is 0 Å². The lowest BCUT2D eigenvalue weighted by atomic mass is 10.2. The van der Waals surface area contributed by atoms with E-state index in [-0.39, 0.29) is 12.2 Å². The molecule has 2 rings (SSSR count). The standard InChI is InChI=1S/C15H12ClF3N4O2/c1-2-25-13(24)11-8-20-14(15(17,18)19)22-12(11)23-21-7-9-3-5-10(16)6-4-9/h3-8H,2H2,1H3,(H,20,22,23). The van der Waals surface area contributed by atoms with Gasteiger partial charge in [0.25, 0.3) is 0 Å². The highest BCUT2D eigenvalue weighted by atomic mass is 35.5. The summed E-state index contributed by atoms with van der Waals surface area (Å²) in [6.45, 7) is 1.61. The van der Waals surface area contributed by atoms with Gasteiger partial charge in [-0.2, -0.15) is 18.3 Å². The Kier molecular flexibility index (Phi) is 5.92. The molecule has 0 atom stereocenters. The van der Waals surface area contributed by atoms with Gasteiger partial charge < -0.3 is 4.74 Å². The number of carbonyl (C=O) groups is 1. The summed E-state index contributed by atoms with van der Waals surface area (Å²) in [5.74, 6) is -2.67. The Balaban J connectivity index is 2.28. The van der Waals surface area contributed by atoms with Crippen LogP contribution in [0.4, 0.5) is 19.0 Å². The molecule has 1 aromatic heterocycles. The molecule has 1 N–H and O–H groups in total. The Morgan fingerprint density at radius 3 is 2.64 bits per heavy atom. The van der Waals surface area contributed by atoms with Gasteiger partial charge in [-0.3, -0.25) is 5.43 Å². The van der Waals surface area contributed by atoms with Crippen molar-refractivity contribution in [3.63, 3.8) is 0 Å². The topological polar surface area (TPSA) is 76.5 Å². The Morgan fingerprint density at radius 1 is 1.36 bits per heavy atom. The van der Waals surface area contributed by atoms with Crippen LogP contribution < -0.4 is 5.43 Å². The van der Waals surface area contributed by atoms with Gasteiger partial charge in [-0.05, 0) is 24.6 Å². The summed E-state index contributed by atoms with van der Waals surface area (Å²) >= 11 is 5.75. The summed E-state index contributed by atoms with van der Waals surface area (Å²) < 4.78 is 43.0. The number of hydrogen-bond donors (Lipinski definition) is 1. The Labute approximate surface area is 145 Å². The van der Waals surface area contributed by atoms with Gasteiger partial charge in [-0.25, -0.2) is 14.8 Å². The van der Waals surface area contributed by atoms with E-state index in [4.69, 9.17) is 16.3 Å². The van der Waals surface area contributed by atoms with Crippen LogP contribution in [0.5, 0.6) is 0 Å². The maximum atomic E-state index is 12.8. The van der Waals surface area contributed by atoms with E-state index in [0.29, 0.717) is 10.6 Å². The average molecular weight is 373 g/mol. The van der Waals surface area contributed by atoms with Crippen LogP contribution in [0.15, 0.2) is 35.6 Å². The van der Waals surface area contributed by atoms with Gasteiger partial charge in [0, 0.05) is 11.2 Å². The van der Waals surface area contributed by atoms with Crippen molar-refractivity contribution in [1.82, 2.24) is 9.97 Å². The fourth-order valence-corrected chi connectivity index (χ4v) is 1.80. The minimum atomic E-state index is -4.76. The van der Waals surface area contributed by atoms with E-state index in [9.17, 15) is 18.0 Å². The van der Waals surface area contributed by atoms with Crippen molar-refractivity contribution in [1.29, 1.82) is 0 Å². The van der Waals surface area contributed by atoms with Crippen molar-refractivity contribution >= 4 is 29.6 Å². The summed E-state index contributed by atoms with van der Waals surface area (Å²) in [7, 11) is 0. The van der Waals surface area contributed by atoms with Crippen molar-refractivity contribution < 1.29 is 22.7 Å². The van der Waals surface area contributed by atoms with Gasteiger partial charge in [0.2, 0.25) is 5.82 Å². The maximum Gasteiger partial charge on any atom is 0.451 e. The predicted octanol–water partition coefficient (Wildman–Crippen LogP) is 3.77. The number of aromatic nitrogens is 2. The molecular formula is C15H12ClF3N4O2. The third-order valence-electron chi connectivity index (χ3n) is 2.79. The summed E-state index contributed by atoms with van der Waals surface area (Å²) in [5, 5.41) is 4.31. The van der Waals surface area contributed by atoms with Gasteiger partial charge in [0.15, 0.2) is 5.82 Å². The van der Waals surface area contributed by atoms with Crippen LogP contribution in [0, 0.1) is 0 Å². The summed E-state index contributed by atoms with van der Waals surface area (Å²) in [4.78, 5) is 18.3. The first-order valence-electron chi connectivity index (χ1n) is 6.97. The summed E-state index contributed by atoms with van der Waals surface area (Å²) in [6.07, 6.45) is -2.68. The molecule has 1 heterocycles. The Hall–Kier alpha value is -2.68. The van der Waals surface area contributed by atoms with Crippen LogP contribution in [-0.4, -0.2) is 28.8 Å². The number of hydrogen-bond acceptors (Lipinski definition) is 6. The summed E-state index contributed by atoms with van der Waals surface area (Å²) in [5.41, 5.74) is 2.69. The zero-order valence-electron chi connectivity index (χ0n) is 12.8. The molecule has 0 radical (unpaired) electrons. The van der Waals surface area contributed by atoms with Gasteiger partial charge in [0.1, 0.15) is 5.56 Å². The van der Waals surface area contributed by atoms with Gasteiger partial charge in [-0.15, -0.1) is 0 Å². The highest BCUT2D eigenvalue weighted by Gasteiger charge is 2.35. The van der Waals surface area contributed by atoms with E-state index in [1.54, 1.807) is 31.2 Å². The first kappa shape index (κ1) is 18.7. The Morgan fingerprint density at radius 2 is 2.04 bits per heavy atom. The van der Waals surface area contributed by atoms with Crippen molar-refractivity contribution in [2.45, 2.75) is 13.1 Å². The largest absolute Gasteiger partial charge is 0.462 e. The van der Waals surface area contributed by atoms with Crippen LogP contribution >= 0.6 is 11.6 Å². The highest BCUT2D eigenvalue weighted by Crippen LogP contribution is 2.27. The quantitative estimate of drug-likeness (QED) is 0.491. The fourth-order valence-electron chi connectivity index (χ4n) is 1.68. The molecule has 0 spiro atoms. The first-order chi connectivity index (χ1) is 11.8. The number of rotatable bonds is 5. The molecule has 2 aromatic rings. The third kappa shape index (κ3) is 5.15. The number of carbonyl (C=O) groups excluding carboxylic acids is 1. The molecule has 0 unspecified atom stereocenters. The molecule has 6 nitrogen and oxygen atoms in total. The number of nitrogens with zero attached hydrogens (tertiary/aromatic N) is 3. The smallest absolute Gasteiger partial charge is 0.451 e. The molecule has 0 aliphatic heterocycles. The van der Waals surface area contributed by atoms with Crippen molar-refractivity contribution in [3.8, 4) is 0 Å². The van der Waals surface area contributed by atoms with Gasteiger partial charge >= 0.3 is 12.1 Å². The Bertz CT molecular complexity index is 779. The van der Waals surface area contributed by atoms with E-state index in [2.05, 4.69) is 20.5 Å². The van der Waals surface area contributed by atoms with E-state index >= 15 is 0 Å². The van der Waals surface area contributed by atoms with Gasteiger partial charge in [-0.1, -0.05) is 23.7 Å². The zero-order chi connectivity index (χ0) is 18.4. The monoisotopic (exact) mass is 372 g/mol. The van der Waals surface area contributed by atoms with E-state index in [1.165, 1.54) is 6.21 Å². The number of halogens is 4. The summed E-state index contributed by atoms with van der Waals surface area (Å²) in [6, 6.07) is 6.56. The molecule has 132 valence electrons. The zero-order valence-corrected chi connectivity index (χ0v) is 13.6. The number of alkyl halides is 3. The van der Waals surface area contributed by atoms with E-state index < -0.39 is 23.8 Å². The van der Waals surface area contributed by atoms with Crippen LogP contribution in [0.1, 0.15) is 28.7 Å². The lowest BCUT2D eigenvalue weighted by molar-refractivity contribution is -0.144. The highest BCUT2D eigenvalue weighted by molar-refractivity contribution is 6.30. The minimum absolute atomic E-state index is 0.0489. The minimum Gasteiger partial charge on any atom is -0.462 e. The number of benzene rings is 1. The number of nitrogens with one attached hydrogen (secondary N) is 1. The second-order valence-electron chi connectivity index (χ2n) is 4.60. The van der Waals surface area contributed by atoms with Crippen molar-refractivity contribution in [3.05, 3.63) is 52.4 Å². The molecule has 0 bridgehead atoms. The molecule has 0 saturated carbocycles. The van der Waals surface area contributed by atoms with Crippen molar-refractivity contribution in [2.24, 2.45) is 5.10 Å². The lowest BCUT2D eigenvalue weighted by Gasteiger charge is -2.10. The molecule has 0 aliphatic carbocycles. The second-order valence-corrected chi connectivity index (χ2v) is 5.03. The molecule has 0 saturated heterocycles. The van der Waals surface area contributed by atoms with Crippen molar-refractivity contribution in [2.75, 3.05) is 12.0 Å². The molecular weight excluding hydrogens is 361 g/mol. The van der Waals surface area contributed by atoms with Crippen LogP contribution in [0.2, 0.25) is 5.02 Å². The second kappa shape index (κ2) is 7.93. The molecule has 0 aliphatic rings. The fraction of sp³-hybridized carbons (Fsp3) is 0.200. The predicted molar refractivity (Wildman–Crippen MR) is 85.7 cm³/mol. The van der Waals surface area contributed by atoms with E-state index in [0.717, 1.165) is 6.20 Å². The number of ether oxygens (including phenoxy) is 1. The number of hydrazone groups is 1. The molecule has 0 amide bonds. The van der Waals surface area contributed by atoms with Gasteiger partial charge in [0.05, 0.1) is 12.8 Å². The van der Waals surface area contributed by atoms with Crippen LogP contribution in [0.25, 0.3) is 0 Å². The van der Waals surface area contributed by atoms with Crippen LogP contribution in [-0.2, 0) is 10.9 Å². The molecule has 1 aromatic carbocycles. The molecule has 10 heteroatoms. The maximum absolute atomic E-state index is 12.8. The normalized spacial score (nSPS) is 11.6.